The summed E-state index contributed by atoms with van der Waals surface area (Å²) < 4.78 is 32.6. The number of halogens is 2. The Morgan fingerprint density at radius 3 is 2.50 bits per heavy atom. The van der Waals surface area contributed by atoms with Crippen molar-refractivity contribution in [3.63, 3.8) is 0 Å². The predicted octanol–water partition coefficient (Wildman–Crippen LogP) is 3.64. The van der Waals surface area contributed by atoms with Crippen LogP contribution >= 0.6 is 0 Å². The Balaban J connectivity index is 1.21. The van der Waals surface area contributed by atoms with Gasteiger partial charge in [-0.1, -0.05) is 17.7 Å². The van der Waals surface area contributed by atoms with Crippen LogP contribution in [0.15, 0.2) is 53.1 Å². The summed E-state index contributed by atoms with van der Waals surface area (Å²) in [6.45, 7) is 4.56. The molecule has 1 saturated heterocycles. The summed E-state index contributed by atoms with van der Waals surface area (Å²) >= 11 is 0. The van der Waals surface area contributed by atoms with Gasteiger partial charge in [-0.2, -0.15) is 0 Å². The van der Waals surface area contributed by atoms with E-state index < -0.39 is 11.6 Å². The molecule has 1 N–H and O–H groups in total. The quantitative estimate of drug-likeness (QED) is 0.573. The second-order valence-electron chi connectivity index (χ2n) is 8.31. The average Bonchev–Trinajstić information content (AvgIpc) is 3.28. The zero-order valence-electron chi connectivity index (χ0n) is 18.9. The Kier molecular flexibility index (Phi) is 7.32. The van der Waals surface area contributed by atoms with Gasteiger partial charge >= 0.3 is 0 Å². The van der Waals surface area contributed by atoms with Gasteiger partial charge in [-0.15, -0.1) is 0 Å². The molecular weight excluding hydrogens is 442 g/mol. The number of nitrogens with one attached hydrogen (secondary N) is 1. The van der Waals surface area contributed by atoms with E-state index in [9.17, 15) is 18.4 Å². The summed E-state index contributed by atoms with van der Waals surface area (Å²) in [5.41, 5.74) is 2.01. The van der Waals surface area contributed by atoms with E-state index in [1.165, 1.54) is 12.3 Å². The van der Waals surface area contributed by atoms with Crippen molar-refractivity contribution in [1.82, 2.24) is 14.8 Å². The molecule has 3 aromatic rings. The predicted molar refractivity (Wildman–Crippen MR) is 123 cm³/mol. The molecule has 0 bridgehead atoms. The number of hydrogen-bond acceptors (Lipinski definition) is 5. The lowest BCUT2D eigenvalue weighted by Gasteiger charge is -2.34. The molecule has 0 unspecified atom stereocenters. The molecule has 1 fully saturated rings. The molecule has 0 radical (unpaired) electrons. The van der Waals surface area contributed by atoms with Crippen LogP contribution in [0.5, 0.6) is 0 Å². The third-order valence-corrected chi connectivity index (χ3v) is 5.73. The van der Waals surface area contributed by atoms with Crippen LogP contribution in [-0.4, -0.2) is 59.3 Å². The van der Waals surface area contributed by atoms with Crippen molar-refractivity contribution in [2.75, 3.05) is 38.0 Å². The lowest BCUT2D eigenvalue weighted by atomic mass is 10.2. The van der Waals surface area contributed by atoms with Crippen molar-refractivity contribution in [3.05, 3.63) is 71.8 Å². The number of oxazole rings is 1. The number of hydrogen-bond donors (Lipinski definition) is 1. The summed E-state index contributed by atoms with van der Waals surface area (Å²) in [7, 11) is 0. The first-order valence-corrected chi connectivity index (χ1v) is 11.1. The van der Waals surface area contributed by atoms with Crippen LogP contribution in [0.3, 0.4) is 0 Å². The zero-order valence-corrected chi connectivity index (χ0v) is 18.9. The van der Waals surface area contributed by atoms with E-state index in [2.05, 4.69) is 10.3 Å². The fraction of sp³-hybridized carbons (Fsp3) is 0.320. The molecule has 7 nitrogen and oxygen atoms in total. The maximum Gasteiger partial charge on any atom is 0.238 e. The van der Waals surface area contributed by atoms with Gasteiger partial charge in [0.2, 0.25) is 11.8 Å². The van der Waals surface area contributed by atoms with Crippen molar-refractivity contribution < 1.29 is 22.8 Å². The molecule has 0 atom stereocenters. The van der Waals surface area contributed by atoms with Crippen LogP contribution in [0.2, 0.25) is 0 Å². The highest BCUT2D eigenvalue weighted by Gasteiger charge is 2.23. The second-order valence-corrected chi connectivity index (χ2v) is 8.31. The second kappa shape index (κ2) is 10.6. The largest absolute Gasteiger partial charge is 0.441 e. The fourth-order valence-corrected chi connectivity index (χ4v) is 3.81. The Bertz CT molecular complexity index is 1160. The highest BCUT2D eigenvalue weighted by molar-refractivity contribution is 5.92. The smallest absolute Gasteiger partial charge is 0.238 e. The molecule has 1 aliphatic heterocycles. The van der Waals surface area contributed by atoms with Crippen LogP contribution in [0.25, 0.3) is 11.3 Å². The molecule has 2 amide bonds. The molecule has 0 aliphatic carbocycles. The van der Waals surface area contributed by atoms with Gasteiger partial charge in [0.15, 0.2) is 11.7 Å². The van der Waals surface area contributed by atoms with E-state index in [0.29, 0.717) is 32.1 Å². The fourth-order valence-electron chi connectivity index (χ4n) is 3.81. The molecular formula is C25H26F2N4O3. The van der Waals surface area contributed by atoms with Gasteiger partial charge in [-0.25, -0.2) is 13.8 Å². The van der Waals surface area contributed by atoms with E-state index >= 15 is 0 Å². The Labute approximate surface area is 196 Å². The number of carbonyl (C=O) groups is 2. The molecule has 9 heteroatoms. The first-order valence-electron chi connectivity index (χ1n) is 11.1. The van der Waals surface area contributed by atoms with Crippen molar-refractivity contribution >= 4 is 17.5 Å². The monoisotopic (exact) mass is 468 g/mol. The Morgan fingerprint density at radius 2 is 1.79 bits per heavy atom. The molecule has 2 heterocycles. The summed E-state index contributed by atoms with van der Waals surface area (Å²) in [5, 5.41) is 2.89. The van der Waals surface area contributed by atoms with Gasteiger partial charge in [0.05, 0.1) is 18.3 Å². The van der Waals surface area contributed by atoms with Gasteiger partial charge in [-0.05, 0) is 31.2 Å². The molecule has 1 aromatic heterocycles. The number of benzene rings is 2. The van der Waals surface area contributed by atoms with E-state index in [4.69, 9.17) is 4.42 Å². The van der Waals surface area contributed by atoms with E-state index in [-0.39, 0.29) is 42.5 Å². The number of rotatable bonds is 7. The number of aryl methyl sites for hydroxylation is 2. The Hall–Kier alpha value is -3.59. The van der Waals surface area contributed by atoms with E-state index in [1.807, 2.05) is 36.1 Å². The van der Waals surface area contributed by atoms with Crippen molar-refractivity contribution in [2.45, 2.75) is 19.8 Å². The topological polar surface area (TPSA) is 78.7 Å². The molecule has 0 saturated carbocycles. The van der Waals surface area contributed by atoms with E-state index in [0.717, 1.165) is 23.4 Å². The van der Waals surface area contributed by atoms with Gasteiger partial charge in [-0.3, -0.25) is 14.5 Å². The third-order valence-electron chi connectivity index (χ3n) is 5.73. The first kappa shape index (κ1) is 23.6. The molecule has 178 valence electrons. The number of amides is 2. The SMILES string of the molecule is Cc1ccc(NC(=O)CN2CCN(C(=O)CCc3ncc(-c4ccc(F)cc4F)o3)CC2)cc1. The minimum absolute atomic E-state index is 0.0310. The first-order chi connectivity index (χ1) is 16.4. The lowest BCUT2D eigenvalue weighted by Crippen LogP contribution is -2.50. The van der Waals surface area contributed by atoms with Gasteiger partial charge in [0.25, 0.3) is 0 Å². The van der Waals surface area contributed by atoms with Crippen molar-refractivity contribution in [2.24, 2.45) is 0 Å². The van der Waals surface area contributed by atoms with Gasteiger partial charge in [0.1, 0.15) is 11.6 Å². The molecule has 0 spiro atoms. The average molecular weight is 469 g/mol. The summed E-state index contributed by atoms with van der Waals surface area (Å²) in [6, 6.07) is 10.9. The highest BCUT2D eigenvalue weighted by atomic mass is 19.1. The minimum atomic E-state index is -0.732. The lowest BCUT2D eigenvalue weighted by molar-refractivity contribution is -0.133. The van der Waals surface area contributed by atoms with Gasteiger partial charge in [0, 0.05) is 50.8 Å². The normalized spacial score (nSPS) is 14.3. The maximum atomic E-state index is 13.9. The number of anilines is 1. The molecule has 4 rings (SSSR count). The molecule has 2 aromatic carbocycles. The number of aromatic nitrogens is 1. The van der Waals surface area contributed by atoms with Crippen LogP contribution < -0.4 is 5.32 Å². The molecule has 34 heavy (non-hydrogen) atoms. The third kappa shape index (κ3) is 6.05. The van der Waals surface area contributed by atoms with Crippen molar-refractivity contribution in [1.29, 1.82) is 0 Å². The van der Waals surface area contributed by atoms with Gasteiger partial charge < -0.3 is 14.6 Å². The number of piperazine rings is 1. The minimum Gasteiger partial charge on any atom is -0.441 e. The maximum absolute atomic E-state index is 13.9. The van der Waals surface area contributed by atoms with Crippen molar-refractivity contribution in [3.8, 4) is 11.3 Å². The Morgan fingerprint density at radius 1 is 1.06 bits per heavy atom. The number of carbonyl (C=O) groups excluding carboxylic acids is 2. The molecule has 1 aliphatic rings. The summed E-state index contributed by atoms with van der Waals surface area (Å²) in [5.74, 6) is -1.00. The summed E-state index contributed by atoms with van der Waals surface area (Å²) in [4.78, 5) is 32.8. The highest BCUT2D eigenvalue weighted by Crippen LogP contribution is 2.24. The van der Waals surface area contributed by atoms with Crippen LogP contribution in [-0.2, 0) is 16.0 Å². The van der Waals surface area contributed by atoms with Crippen LogP contribution in [0.4, 0.5) is 14.5 Å². The van der Waals surface area contributed by atoms with E-state index in [1.54, 1.807) is 4.90 Å². The zero-order chi connectivity index (χ0) is 24.1. The summed E-state index contributed by atoms with van der Waals surface area (Å²) in [6.07, 6.45) is 1.86. The van der Waals surface area contributed by atoms with Crippen LogP contribution in [0.1, 0.15) is 17.9 Å². The standard InChI is InChI=1S/C25H26F2N4O3/c1-17-2-5-19(6-3-17)29-23(32)16-30-10-12-31(13-11-30)25(33)9-8-24-28-15-22(34-24)20-7-4-18(26)14-21(20)27/h2-7,14-15H,8-13,16H2,1H3,(H,29,32). The van der Waals surface area contributed by atoms with Crippen LogP contribution in [0, 0.1) is 18.6 Å². The number of nitrogens with zero attached hydrogens (tertiary/aromatic N) is 3.